The van der Waals surface area contributed by atoms with E-state index in [0.717, 1.165) is 36.8 Å². The first-order chi connectivity index (χ1) is 11.8. The van der Waals surface area contributed by atoms with E-state index in [1.165, 1.54) is 0 Å². The topological polar surface area (TPSA) is 60.1 Å². The van der Waals surface area contributed by atoms with Crippen molar-refractivity contribution in [3.8, 4) is 6.07 Å². The van der Waals surface area contributed by atoms with Crippen molar-refractivity contribution in [1.82, 2.24) is 9.55 Å². The first-order valence-corrected chi connectivity index (χ1v) is 8.95. The van der Waals surface area contributed by atoms with Gasteiger partial charge in [-0.05, 0) is 35.4 Å². The molecular weight excluding hydrogens is 314 g/mol. The molecular formula is C20H25N3O2. The molecule has 132 valence electrons. The van der Waals surface area contributed by atoms with Crippen molar-refractivity contribution in [2.24, 2.45) is 10.8 Å². The van der Waals surface area contributed by atoms with Crippen LogP contribution in [-0.4, -0.2) is 28.6 Å². The second-order valence-electron chi connectivity index (χ2n) is 8.80. The van der Waals surface area contributed by atoms with Gasteiger partial charge in [0.15, 0.2) is 5.79 Å². The van der Waals surface area contributed by atoms with Crippen molar-refractivity contribution < 1.29 is 9.47 Å². The molecule has 2 heterocycles. The molecule has 1 spiro atoms. The van der Waals surface area contributed by atoms with Crippen molar-refractivity contribution in [2.75, 3.05) is 13.2 Å². The van der Waals surface area contributed by atoms with Crippen LogP contribution in [0, 0.1) is 22.2 Å². The van der Waals surface area contributed by atoms with Crippen LogP contribution in [0.2, 0.25) is 0 Å². The van der Waals surface area contributed by atoms with Gasteiger partial charge in [-0.1, -0.05) is 20.8 Å². The summed E-state index contributed by atoms with van der Waals surface area (Å²) in [7, 11) is 0. The van der Waals surface area contributed by atoms with Gasteiger partial charge >= 0.3 is 0 Å². The van der Waals surface area contributed by atoms with Crippen molar-refractivity contribution >= 4 is 11.0 Å². The van der Waals surface area contributed by atoms with E-state index in [1.807, 2.05) is 24.5 Å². The third kappa shape index (κ3) is 3.05. The third-order valence-corrected chi connectivity index (χ3v) is 5.47. The van der Waals surface area contributed by atoms with Crippen LogP contribution in [0.4, 0.5) is 0 Å². The molecule has 1 aliphatic heterocycles. The van der Waals surface area contributed by atoms with Gasteiger partial charge in [0.1, 0.15) is 0 Å². The Balaban J connectivity index is 1.68. The van der Waals surface area contributed by atoms with Gasteiger partial charge in [0, 0.05) is 19.4 Å². The highest BCUT2D eigenvalue weighted by Crippen LogP contribution is 2.54. The number of hydrogen-bond donors (Lipinski definition) is 0. The van der Waals surface area contributed by atoms with E-state index < -0.39 is 5.79 Å². The van der Waals surface area contributed by atoms with Gasteiger partial charge in [0.05, 0.1) is 42.2 Å². The molecule has 2 fully saturated rings. The van der Waals surface area contributed by atoms with Crippen LogP contribution < -0.4 is 0 Å². The summed E-state index contributed by atoms with van der Waals surface area (Å²) >= 11 is 0. The zero-order chi connectivity index (χ0) is 17.7. The number of hydrogen-bond acceptors (Lipinski definition) is 4. The van der Waals surface area contributed by atoms with Gasteiger partial charge in [0.2, 0.25) is 0 Å². The Kier molecular flexibility index (Phi) is 3.68. The fourth-order valence-electron chi connectivity index (χ4n) is 5.20. The lowest BCUT2D eigenvalue weighted by Gasteiger charge is -2.50. The summed E-state index contributed by atoms with van der Waals surface area (Å²) in [6, 6.07) is 7.89. The highest BCUT2D eigenvalue weighted by atomic mass is 16.7. The minimum absolute atomic E-state index is 0.0440. The molecule has 1 aromatic heterocycles. The second kappa shape index (κ2) is 5.55. The fraction of sp³-hybridized carbons (Fsp3) is 0.600. The number of benzene rings is 1. The molecule has 2 aromatic rings. The Morgan fingerprint density at radius 2 is 1.92 bits per heavy atom. The summed E-state index contributed by atoms with van der Waals surface area (Å²) in [5.41, 5.74) is 2.82. The lowest BCUT2D eigenvalue weighted by atomic mass is 9.62. The van der Waals surface area contributed by atoms with Crippen LogP contribution in [0.5, 0.6) is 0 Å². The van der Waals surface area contributed by atoms with Crippen molar-refractivity contribution in [3.63, 3.8) is 0 Å². The molecule has 0 amide bonds. The summed E-state index contributed by atoms with van der Waals surface area (Å²) in [6.45, 7) is 9.14. The second-order valence-corrected chi connectivity index (χ2v) is 8.80. The van der Waals surface area contributed by atoms with Gasteiger partial charge in [0.25, 0.3) is 0 Å². The molecule has 25 heavy (non-hydrogen) atoms. The van der Waals surface area contributed by atoms with Crippen LogP contribution in [0.1, 0.15) is 45.6 Å². The van der Waals surface area contributed by atoms with Crippen molar-refractivity contribution in [3.05, 3.63) is 30.1 Å². The fourth-order valence-corrected chi connectivity index (χ4v) is 5.20. The van der Waals surface area contributed by atoms with E-state index in [1.54, 1.807) is 0 Å². The third-order valence-electron chi connectivity index (χ3n) is 5.47. The standard InChI is InChI=1S/C20H25N3O2/c1-18(2)10-19(3,12-20(11-18)24-6-7-25-20)13-23-14-22-16-5-4-15(9-21)8-17(16)23/h4-5,8,14H,6-7,10-13H2,1-3H3/t19-/m1/s1. The minimum Gasteiger partial charge on any atom is -0.347 e. The van der Waals surface area contributed by atoms with Crippen LogP contribution >= 0.6 is 0 Å². The number of nitrogens with zero attached hydrogens (tertiary/aromatic N) is 3. The van der Waals surface area contributed by atoms with Crippen LogP contribution in [0.25, 0.3) is 11.0 Å². The Bertz CT molecular complexity index is 842. The maximum atomic E-state index is 9.19. The predicted octanol–water partition coefficient (Wildman–Crippen LogP) is 3.87. The maximum Gasteiger partial charge on any atom is 0.169 e. The Labute approximate surface area is 148 Å². The predicted molar refractivity (Wildman–Crippen MR) is 94.8 cm³/mol. The molecule has 1 aromatic carbocycles. The normalized spacial score (nSPS) is 27.6. The summed E-state index contributed by atoms with van der Waals surface area (Å²) < 4.78 is 14.3. The molecule has 1 aliphatic carbocycles. The average Bonchev–Trinajstić information content (AvgIpc) is 3.11. The zero-order valence-electron chi connectivity index (χ0n) is 15.2. The zero-order valence-corrected chi connectivity index (χ0v) is 15.2. The first kappa shape index (κ1) is 16.6. The molecule has 5 heteroatoms. The van der Waals surface area contributed by atoms with E-state index in [9.17, 15) is 5.26 Å². The highest BCUT2D eigenvalue weighted by Gasteiger charge is 2.52. The number of ether oxygens (including phenoxy) is 2. The van der Waals surface area contributed by atoms with E-state index in [2.05, 4.69) is 36.4 Å². The highest BCUT2D eigenvalue weighted by molar-refractivity contribution is 5.76. The van der Waals surface area contributed by atoms with Gasteiger partial charge in [-0.3, -0.25) is 0 Å². The number of imidazole rings is 1. The number of rotatable bonds is 2. The minimum atomic E-state index is -0.440. The van der Waals surface area contributed by atoms with Gasteiger partial charge < -0.3 is 14.0 Å². The summed E-state index contributed by atoms with van der Waals surface area (Å²) in [4.78, 5) is 4.51. The lowest BCUT2D eigenvalue weighted by molar-refractivity contribution is -0.226. The number of aromatic nitrogens is 2. The molecule has 0 radical (unpaired) electrons. The molecule has 0 bridgehead atoms. The maximum absolute atomic E-state index is 9.19. The molecule has 0 unspecified atom stereocenters. The van der Waals surface area contributed by atoms with Crippen LogP contribution in [0.3, 0.4) is 0 Å². The summed E-state index contributed by atoms with van der Waals surface area (Å²) in [5.74, 6) is -0.440. The smallest absolute Gasteiger partial charge is 0.169 e. The SMILES string of the molecule is CC1(C)CC2(C[C@](C)(Cn3cnc4ccc(C#N)cc43)C1)OCCO2. The van der Waals surface area contributed by atoms with E-state index in [4.69, 9.17) is 9.47 Å². The monoisotopic (exact) mass is 339 g/mol. The van der Waals surface area contributed by atoms with Gasteiger partial charge in [-0.2, -0.15) is 5.26 Å². The van der Waals surface area contributed by atoms with Crippen LogP contribution in [-0.2, 0) is 16.0 Å². The molecule has 1 saturated carbocycles. The Hall–Kier alpha value is -1.90. The van der Waals surface area contributed by atoms with Gasteiger partial charge in [-0.15, -0.1) is 0 Å². The number of fused-ring (bicyclic) bond motifs is 1. The van der Waals surface area contributed by atoms with E-state index in [0.29, 0.717) is 18.8 Å². The first-order valence-electron chi connectivity index (χ1n) is 8.95. The van der Waals surface area contributed by atoms with E-state index >= 15 is 0 Å². The molecule has 5 nitrogen and oxygen atoms in total. The largest absolute Gasteiger partial charge is 0.347 e. The Morgan fingerprint density at radius 3 is 2.64 bits per heavy atom. The van der Waals surface area contributed by atoms with Crippen LogP contribution in [0.15, 0.2) is 24.5 Å². The van der Waals surface area contributed by atoms with Crippen molar-refractivity contribution in [2.45, 2.75) is 52.4 Å². The molecule has 1 saturated heterocycles. The molecule has 1 atom stereocenters. The summed E-state index contributed by atoms with van der Waals surface area (Å²) in [5, 5.41) is 9.19. The Morgan fingerprint density at radius 1 is 1.16 bits per heavy atom. The molecule has 2 aliphatic rings. The van der Waals surface area contributed by atoms with Crippen molar-refractivity contribution in [1.29, 1.82) is 5.26 Å². The molecule has 4 rings (SSSR count). The quantitative estimate of drug-likeness (QED) is 0.833. The van der Waals surface area contributed by atoms with Gasteiger partial charge in [-0.25, -0.2) is 4.98 Å². The summed E-state index contributed by atoms with van der Waals surface area (Å²) in [6.07, 6.45) is 4.83. The molecule has 0 N–H and O–H groups in total. The van der Waals surface area contributed by atoms with E-state index in [-0.39, 0.29) is 10.8 Å². The average molecular weight is 339 g/mol. The lowest BCUT2D eigenvalue weighted by Crippen LogP contribution is -2.49. The number of nitriles is 1.